The Balaban J connectivity index is 1.82. The molecule has 0 bridgehead atoms. The first-order valence-electron chi connectivity index (χ1n) is 5.60. The maximum absolute atomic E-state index is 11.9. The number of nitrogens with zero attached hydrogens (tertiary/aromatic N) is 1. The van der Waals surface area contributed by atoms with Crippen molar-refractivity contribution < 1.29 is 9.53 Å². The van der Waals surface area contributed by atoms with E-state index >= 15 is 0 Å². The fraction of sp³-hybridized carbons (Fsp3) is 0.727. The molecule has 0 saturated carbocycles. The molecule has 0 spiro atoms. The van der Waals surface area contributed by atoms with Gasteiger partial charge in [-0.3, -0.25) is 4.79 Å². The van der Waals surface area contributed by atoms with Gasteiger partial charge < -0.3 is 15.0 Å². The molecular weight excluding hydrogens is 192 g/mol. The molecule has 0 aromatic heterocycles. The highest BCUT2D eigenvalue weighted by atomic mass is 16.5. The van der Waals surface area contributed by atoms with Gasteiger partial charge in [0.2, 0.25) is 5.91 Å². The average Bonchev–Trinajstić information content (AvgIpc) is 2.31. The zero-order chi connectivity index (χ0) is 10.5. The first-order valence-corrected chi connectivity index (χ1v) is 5.60. The number of hydrogen-bond acceptors (Lipinski definition) is 3. The van der Waals surface area contributed by atoms with Crippen molar-refractivity contribution in [1.82, 2.24) is 10.2 Å². The van der Waals surface area contributed by atoms with Crippen LogP contribution < -0.4 is 5.32 Å². The number of amides is 1. The molecule has 0 aromatic carbocycles. The molecule has 0 unspecified atom stereocenters. The van der Waals surface area contributed by atoms with Gasteiger partial charge in [0.1, 0.15) is 0 Å². The number of hydrogen-bond donors (Lipinski definition) is 1. The van der Waals surface area contributed by atoms with Crippen LogP contribution >= 0.6 is 0 Å². The summed E-state index contributed by atoms with van der Waals surface area (Å²) in [4.78, 5) is 13.8. The first kappa shape index (κ1) is 10.6. The monoisotopic (exact) mass is 210 g/mol. The summed E-state index contributed by atoms with van der Waals surface area (Å²) in [5.41, 5.74) is 1.28. The molecule has 1 amide bonds. The van der Waals surface area contributed by atoms with E-state index < -0.39 is 0 Å². The summed E-state index contributed by atoms with van der Waals surface area (Å²) in [6, 6.07) is 0. The zero-order valence-corrected chi connectivity index (χ0v) is 9.00. The van der Waals surface area contributed by atoms with Gasteiger partial charge in [0.25, 0.3) is 0 Å². The first-order chi connectivity index (χ1) is 7.36. The summed E-state index contributed by atoms with van der Waals surface area (Å²) in [6.07, 6.45) is 3.75. The molecule has 15 heavy (non-hydrogen) atoms. The highest BCUT2D eigenvalue weighted by molar-refractivity contribution is 5.78. The lowest BCUT2D eigenvalue weighted by Crippen LogP contribution is -2.41. The van der Waals surface area contributed by atoms with Crippen LogP contribution in [0.5, 0.6) is 0 Å². The summed E-state index contributed by atoms with van der Waals surface area (Å²) in [5.74, 6) is 0.256. The van der Waals surface area contributed by atoms with E-state index in [-0.39, 0.29) is 5.91 Å². The topological polar surface area (TPSA) is 41.6 Å². The number of morpholine rings is 1. The standard InChI is InChI=1S/C11H18N2O2/c14-11(13-5-7-15-8-6-13)9-10-1-3-12-4-2-10/h1,12H,2-9H2. The van der Waals surface area contributed by atoms with Gasteiger partial charge in [0.05, 0.1) is 13.2 Å². The third-order valence-electron chi connectivity index (χ3n) is 2.90. The Morgan fingerprint density at radius 3 is 2.93 bits per heavy atom. The summed E-state index contributed by atoms with van der Waals surface area (Å²) in [6.45, 7) is 4.79. The molecule has 2 rings (SSSR count). The molecule has 0 radical (unpaired) electrons. The normalized spacial score (nSPS) is 22.4. The molecule has 2 aliphatic rings. The van der Waals surface area contributed by atoms with Crippen LogP contribution in [0.4, 0.5) is 0 Å². The minimum absolute atomic E-state index is 0.256. The highest BCUT2D eigenvalue weighted by Gasteiger charge is 2.18. The lowest BCUT2D eigenvalue weighted by Gasteiger charge is -2.27. The van der Waals surface area contributed by atoms with E-state index in [1.165, 1.54) is 5.57 Å². The lowest BCUT2D eigenvalue weighted by atomic mass is 10.1. The van der Waals surface area contributed by atoms with Gasteiger partial charge in [-0.2, -0.15) is 0 Å². The number of rotatable bonds is 2. The molecule has 4 heteroatoms. The van der Waals surface area contributed by atoms with Gasteiger partial charge in [-0.05, 0) is 13.0 Å². The smallest absolute Gasteiger partial charge is 0.226 e. The van der Waals surface area contributed by atoms with Crippen LogP contribution in [0.15, 0.2) is 11.6 Å². The van der Waals surface area contributed by atoms with Crippen molar-refractivity contribution in [2.45, 2.75) is 12.8 Å². The van der Waals surface area contributed by atoms with Crippen LogP contribution in [0.25, 0.3) is 0 Å². The Hall–Kier alpha value is -0.870. The van der Waals surface area contributed by atoms with Crippen molar-refractivity contribution in [3.63, 3.8) is 0 Å². The third-order valence-corrected chi connectivity index (χ3v) is 2.90. The molecule has 1 fully saturated rings. The summed E-state index contributed by atoms with van der Waals surface area (Å²) >= 11 is 0. The Morgan fingerprint density at radius 1 is 1.47 bits per heavy atom. The number of nitrogens with one attached hydrogen (secondary N) is 1. The van der Waals surface area contributed by atoms with Crippen LogP contribution in [0.1, 0.15) is 12.8 Å². The summed E-state index contributed by atoms with van der Waals surface area (Å²) in [7, 11) is 0. The molecule has 0 atom stereocenters. The molecule has 0 aliphatic carbocycles. The van der Waals surface area contributed by atoms with E-state index in [2.05, 4.69) is 11.4 Å². The SMILES string of the molecule is O=C(CC1=CCNCC1)N1CCOCC1. The fourth-order valence-electron chi connectivity index (χ4n) is 1.95. The van der Waals surface area contributed by atoms with Crippen LogP contribution in [-0.4, -0.2) is 50.2 Å². The van der Waals surface area contributed by atoms with Crippen molar-refractivity contribution in [2.75, 3.05) is 39.4 Å². The van der Waals surface area contributed by atoms with Crippen molar-refractivity contribution in [3.8, 4) is 0 Å². The summed E-state index contributed by atoms with van der Waals surface area (Å²) < 4.78 is 5.22. The molecule has 2 heterocycles. The molecule has 84 valence electrons. The van der Waals surface area contributed by atoms with Gasteiger partial charge in [-0.1, -0.05) is 11.6 Å². The predicted octanol–water partition coefficient (Wildman–Crippen LogP) is 0.155. The Bertz CT molecular complexity index is 257. The van der Waals surface area contributed by atoms with Gasteiger partial charge in [0.15, 0.2) is 0 Å². The second-order valence-electron chi connectivity index (χ2n) is 3.99. The highest BCUT2D eigenvalue weighted by Crippen LogP contribution is 2.12. The van der Waals surface area contributed by atoms with E-state index in [1.807, 2.05) is 4.90 Å². The molecule has 0 aromatic rings. The Labute approximate surface area is 90.3 Å². The van der Waals surface area contributed by atoms with Gasteiger partial charge in [-0.25, -0.2) is 0 Å². The molecule has 4 nitrogen and oxygen atoms in total. The quantitative estimate of drug-likeness (QED) is 0.660. The number of ether oxygens (including phenoxy) is 1. The predicted molar refractivity (Wildman–Crippen MR) is 57.6 cm³/mol. The largest absolute Gasteiger partial charge is 0.378 e. The maximum atomic E-state index is 11.9. The minimum Gasteiger partial charge on any atom is -0.378 e. The van der Waals surface area contributed by atoms with Gasteiger partial charge in [0, 0.05) is 26.1 Å². The average molecular weight is 210 g/mol. The second-order valence-corrected chi connectivity index (χ2v) is 3.99. The Kier molecular flexibility index (Phi) is 3.75. The fourth-order valence-corrected chi connectivity index (χ4v) is 1.95. The van der Waals surface area contributed by atoms with E-state index in [1.54, 1.807) is 0 Å². The zero-order valence-electron chi connectivity index (χ0n) is 9.00. The van der Waals surface area contributed by atoms with Crippen LogP contribution in [0, 0.1) is 0 Å². The van der Waals surface area contributed by atoms with E-state index in [0.29, 0.717) is 19.6 Å². The molecule has 2 aliphatic heterocycles. The third kappa shape index (κ3) is 3.04. The molecule has 1 saturated heterocycles. The lowest BCUT2D eigenvalue weighted by molar-refractivity contribution is -0.134. The van der Waals surface area contributed by atoms with Crippen LogP contribution in [-0.2, 0) is 9.53 Å². The molecule has 1 N–H and O–H groups in total. The molecular formula is C11H18N2O2. The Morgan fingerprint density at radius 2 is 2.27 bits per heavy atom. The van der Waals surface area contributed by atoms with Crippen LogP contribution in [0.3, 0.4) is 0 Å². The van der Waals surface area contributed by atoms with Crippen molar-refractivity contribution >= 4 is 5.91 Å². The van der Waals surface area contributed by atoms with E-state index in [9.17, 15) is 4.79 Å². The van der Waals surface area contributed by atoms with Gasteiger partial charge >= 0.3 is 0 Å². The van der Waals surface area contributed by atoms with E-state index in [4.69, 9.17) is 4.74 Å². The maximum Gasteiger partial charge on any atom is 0.226 e. The van der Waals surface area contributed by atoms with Crippen LogP contribution in [0.2, 0.25) is 0 Å². The second kappa shape index (κ2) is 5.28. The van der Waals surface area contributed by atoms with Crippen molar-refractivity contribution in [3.05, 3.63) is 11.6 Å². The minimum atomic E-state index is 0.256. The van der Waals surface area contributed by atoms with Gasteiger partial charge in [-0.15, -0.1) is 0 Å². The van der Waals surface area contributed by atoms with Crippen molar-refractivity contribution in [1.29, 1.82) is 0 Å². The van der Waals surface area contributed by atoms with Crippen molar-refractivity contribution in [2.24, 2.45) is 0 Å². The summed E-state index contributed by atoms with van der Waals surface area (Å²) in [5, 5.41) is 3.25. The van der Waals surface area contributed by atoms with E-state index in [0.717, 1.165) is 32.6 Å². The number of carbonyl (C=O) groups is 1. The number of carbonyl (C=O) groups excluding carboxylic acids is 1.